The molecule has 1 aromatic carbocycles. The summed E-state index contributed by atoms with van der Waals surface area (Å²) in [5.74, 6) is -0.123. The van der Waals surface area contributed by atoms with Gasteiger partial charge in [-0.2, -0.15) is 21.9 Å². The first kappa shape index (κ1) is 22.4. The third-order valence-electron chi connectivity index (χ3n) is 5.01. The fraction of sp³-hybridized carbons (Fsp3) is 0.217. The summed E-state index contributed by atoms with van der Waals surface area (Å²) < 4.78 is 0. The Bertz CT molecular complexity index is 1210. The van der Waals surface area contributed by atoms with Crippen molar-refractivity contribution in [3.8, 4) is 23.3 Å². The fourth-order valence-electron chi connectivity index (χ4n) is 3.14. The largest absolute Gasteiger partial charge is 0.383 e. The normalized spacial score (nSPS) is 11.4. The van der Waals surface area contributed by atoms with Crippen LogP contribution in [0.1, 0.15) is 35.6 Å². The first-order valence-electron chi connectivity index (χ1n) is 9.61. The number of nitrogens with zero attached hydrogens (tertiary/aromatic N) is 3. The Hall–Kier alpha value is -3.33. The molecule has 0 aliphatic rings. The van der Waals surface area contributed by atoms with Gasteiger partial charge in [0.1, 0.15) is 28.5 Å². The summed E-state index contributed by atoms with van der Waals surface area (Å²) in [5.41, 5.74) is 10.6. The highest BCUT2D eigenvalue weighted by Gasteiger charge is 2.26. The van der Waals surface area contributed by atoms with Crippen LogP contribution < -0.4 is 11.1 Å². The molecule has 0 fully saturated rings. The SMILES string of the molecule is CCC(Sc1nc(N)c(C#N)c(-c2ccsc2)c1C#N)C(=O)Nc1cccc(C)c1C. The minimum Gasteiger partial charge on any atom is -0.383 e. The van der Waals surface area contributed by atoms with Crippen molar-refractivity contribution in [2.75, 3.05) is 11.1 Å². The molecule has 3 aromatic rings. The van der Waals surface area contributed by atoms with E-state index >= 15 is 0 Å². The van der Waals surface area contributed by atoms with Gasteiger partial charge in [0.15, 0.2) is 0 Å². The van der Waals surface area contributed by atoms with E-state index in [1.165, 1.54) is 23.1 Å². The van der Waals surface area contributed by atoms with Gasteiger partial charge in [0.05, 0.1) is 10.8 Å². The Morgan fingerprint density at radius 3 is 2.61 bits per heavy atom. The molecule has 0 bridgehead atoms. The molecule has 2 heterocycles. The van der Waals surface area contributed by atoms with Crippen molar-refractivity contribution < 1.29 is 4.79 Å². The third kappa shape index (κ3) is 4.56. The molecular formula is C23H21N5OS2. The number of thioether (sulfide) groups is 1. The molecule has 0 aliphatic carbocycles. The Balaban J connectivity index is 1.99. The molecule has 1 atom stereocenters. The minimum absolute atomic E-state index is 0.0509. The van der Waals surface area contributed by atoms with Gasteiger partial charge in [-0.25, -0.2) is 4.98 Å². The number of nitriles is 2. The Kier molecular flexibility index (Phi) is 6.96. The number of nitrogens with two attached hydrogens (primary N) is 1. The quantitative estimate of drug-likeness (QED) is 0.498. The number of carbonyl (C=O) groups is 1. The molecule has 0 radical (unpaired) electrons. The van der Waals surface area contributed by atoms with Crippen LogP contribution in [0.5, 0.6) is 0 Å². The zero-order valence-electron chi connectivity index (χ0n) is 17.4. The molecule has 0 aliphatic heterocycles. The van der Waals surface area contributed by atoms with E-state index in [0.29, 0.717) is 17.0 Å². The number of nitrogens with one attached hydrogen (secondary N) is 1. The highest BCUT2D eigenvalue weighted by atomic mass is 32.2. The number of benzene rings is 1. The number of anilines is 2. The van der Waals surface area contributed by atoms with Crippen molar-refractivity contribution in [3.05, 3.63) is 57.3 Å². The van der Waals surface area contributed by atoms with Crippen LogP contribution >= 0.6 is 23.1 Å². The van der Waals surface area contributed by atoms with E-state index in [9.17, 15) is 15.3 Å². The van der Waals surface area contributed by atoms with Crippen LogP contribution in [-0.2, 0) is 4.79 Å². The zero-order valence-corrected chi connectivity index (χ0v) is 19.0. The molecule has 8 heteroatoms. The first-order chi connectivity index (χ1) is 14.9. The summed E-state index contributed by atoms with van der Waals surface area (Å²) in [6.07, 6.45) is 0.529. The number of nitrogen functional groups attached to an aromatic ring is 1. The minimum atomic E-state index is -0.484. The van der Waals surface area contributed by atoms with Crippen molar-refractivity contribution >= 4 is 40.5 Å². The van der Waals surface area contributed by atoms with Crippen molar-refractivity contribution in [1.29, 1.82) is 10.5 Å². The number of aromatic nitrogens is 1. The molecule has 2 aromatic heterocycles. The second kappa shape index (κ2) is 9.65. The van der Waals surface area contributed by atoms with Crippen LogP contribution in [0.2, 0.25) is 0 Å². The van der Waals surface area contributed by atoms with Crippen LogP contribution in [-0.4, -0.2) is 16.1 Å². The summed E-state index contributed by atoms with van der Waals surface area (Å²) in [6, 6.07) is 11.8. The van der Waals surface area contributed by atoms with Gasteiger partial charge in [0, 0.05) is 11.3 Å². The van der Waals surface area contributed by atoms with Crippen LogP contribution in [0.4, 0.5) is 11.5 Å². The Morgan fingerprint density at radius 2 is 2.00 bits per heavy atom. The number of pyridine rings is 1. The lowest BCUT2D eigenvalue weighted by molar-refractivity contribution is -0.115. The van der Waals surface area contributed by atoms with E-state index in [-0.39, 0.29) is 22.9 Å². The van der Waals surface area contributed by atoms with Gasteiger partial charge in [0.25, 0.3) is 0 Å². The van der Waals surface area contributed by atoms with E-state index in [1.54, 1.807) is 0 Å². The molecular weight excluding hydrogens is 426 g/mol. The monoisotopic (exact) mass is 447 g/mol. The van der Waals surface area contributed by atoms with E-state index in [1.807, 2.05) is 55.8 Å². The van der Waals surface area contributed by atoms with Crippen molar-refractivity contribution in [2.24, 2.45) is 0 Å². The molecule has 0 saturated carbocycles. The molecule has 6 nitrogen and oxygen atoms in total. The van der Waals surface area contributed by atoms with Crippen LogP contribution in [0.25, 0.3) is 11.1 Å². The Morgan fingerprint density at radius 1 is 1.26 bits per heavy atom. The summed E-state index contributed by atoms with van der Waals surface area (Å²) in [4.78, 5) is 17.3. The van der Waals surface area contributed by atoms with E-state index in [2.05, 4.69) is 22.4 Å². The molecule has 0 saturated heterocycles. The third-order valence-corrected chi connectivity index (χ3v) is 7.04. The molecule has 0 spiro atoms. The summed E-state index contributed by atoms with van der Waals surface area (Å²) in [6.45, 7) is 5.85. The maximum Gasteiger partial charge on any atom is 0.237 e. The molecule has 1 unspecified atom stereocenters. The lowest BCUT2D eigenvalue weighted by Gasteiger charge is -2.18. The lowest BCUT2D eigenvalue weighted by Crippen LogP contribution is -2.25. The summed E-state index contributed by atoms with van der Waals surface area (Å²) in [7, 11) is 0. The molecule has 3 N–H and O–H groups in total. The molecule has 31 heavy (non-hydrogen) atoms. The van der Waals surface area contributed by atoms with Crippen molar-refractivity contribution in [2.45, 2.75) is 37.5 Å². The zero-order chi connectivity index (χ0) is 22.5. The number of amides is 1. The van der Waals surface area contributed by atoms with Gasteiger partial charge in [-0.1, -0.05) is 30.8 Å². The van der Waals surface area contributed by atoms with Crippen LogP contribution in [0.15, 0.2) is 40.1 Å². The predicted molar refractivity (Wildman–Crippen MR) is 126 cm³/mol. The van der Waals surface area contributed by atoms with E-state index < -0.39 is 5.25 Å². The van der Waals surface area contributed by atoms with Crippen molar-refractivity contribution in [3.63, 3.8) is 0 Å². The maximum absolute atomic E-state index is 13.0. The van der Waals surface area contributed by atoms with Gasteiger partial charge in [0.2, 0.25) is 5.91 Å². The second-order valence-corrected chi connectivity index (χ2v) is 8.89. The van der Waals surface area contributed by atoms with Crippen LogP contribution in [0, 0.1) is 36.5 Å². The highest BCUT2D eigenvalue weighted by molar-refractivity contribution is 8.00. The number of hydrogen-bond acceptors (Lipinski definition) is 7. The van der Waals surface area contributed by atoms with Gasteiger partial charge in [-0.15, -0.1) is 0 Å². The van der Waals surface area contributed by atoms with Gasteiger partial charge in [-0.05, 0) is 59.9 Å². The van der Waals surface area contributed by atoms with E-state index in [4.69, 9.17) is 5.73 Å². The number of thiophene rings is 1. The van der Waals surface area contributed by atoms with Crippen LogP contribution in [0.3, 0.4) is 0 Å². The number of aryl methyl sites for hydroxylation is 1. The highest BCUT2D eigenvalue weighted by Crippen LogP contribution is 2.38. The lowest BCUT2D eigenvalue weighted by atomic mass is 9.99. The fourth-order valence-corrected chi connectivity index (χ4v) is 4.80. The maximum atomic E-state index is 13.0. The van der Waals surface area contributed by atoms with Gasteiger partial charge in [-0.3, -0.25) is 4.79 Å². The second-order valence-electron chi connectivity index (χ2n) is 6.91. The van der Waals surface area contributed by atoms with Crippen molar-refractivity contribution in [1.82, 2.24) is 4.98 Å². The van der Waals surface area contributed by atoms with Gasteiger partial charge < -0.3 is 11.1 Å². The van der Waals surface area contributed by atoms with E-state index in [0.717, 1.165) is 22.4 Å². The number of hydrogen-bond donors (Lipinski definition) is 2. The average molecular weight is 448 g/mol. The Labute approximate surface area is 189 Å². The molecule has 3 rings (SSSR count). The first-order valence-corrected chi connectivity index (χ1v) is 11.4. The predicted octanol–water partition coefficient (Wildman–Crippen LogP) is 5.26. The topological polar surface area (TPSA) is 116 Å². The standard InChI is InChI=1S/C23H21N5OS2/c1-4-19(22(29)27-18-7-5-6-13(2)14(18)3)31-23-17(11-25)20(15-8-9-30-12-15)16(10-24)21(26)28-23/h5-9,12,19H,4H2,1-3H3,(H2,26,28)(H,27,29). The number of rotatable bonds is 6. The molecule has 156 valence electrons. The average Bonchev–Trinajstić information content (AvgIpc) is 3.29. The molecule has 1 amide bonds. The number of carbonyl (C=O) groups excluding carboxylic acids is 1. The van der Waals surface area contributed by atoms with Gasteiger partial charge >= 0.3 is 0 Å². The summed E-state index contributed by atoms with van der Waals surface area (Å²) in [5, 5.41) is 26.1. The smallest absolute Gasteiger partial charge is 0.237 e. The summed E-state index contributed by atoms with van der Waals surface area (Å²) >= 11 is 2.65.